The lowest BCUT2D eigenvalue weighted by Gasteiger charge is -1.93. The van der Waals surface area contributed by atoms with Gasteiger partial charge in [0.05, 0.1) is 0 Å². The highest BCUT2D eigenvalue weighted by Gasteiger charge is 2.13. The Morgan fingerprint density at radius 2 is 2.17 bits per heavy atom. The van der Waals surface area contributed by atoms with Crippen LogP contribution < -0.4 is 5.73 Å². The molecule has 7 heteroatoms. The number of thiazole rings is 1. The van der Waals surface area contributed by atoms with E-state index in [4.69, 9.17) is 21.9 Å². The van der Waals surface area contributed by atoms with Gasteiger partial charge in [0.15, 0.2) is 5.13 Å². The molecule has 0 unspecified atom stereocenters. The normalized spacial score (nSPS) is 10.7. The Labute approximate surface area is 111 Å². The summed E-state index contributed by atoms with van der Waals surface area (Å²) in [7, 11) is 0. The average Bonchev–Trinajstić information content (AvgIpc) is 2.97. The molecule has 3 rings (SSSR count). The van der Waals surface area contributed by atoms with Crippen LogP contribution in [-0.2, 0) is 0 Å². The molecule has 0 fully saturated rings. The summed E-state index contributed by atoms with van der Waals surface area (Å²) in [6, 6.07) is 7.24. The largest absolute Gasteiger partial charge is 0.375 e. The monoisotopic (exact) mass is 278 g/mol. The smallest absolute Gasteiger partial charge is 0.277 e. The second-order valence-corrected chi connectivity index (χ2v) is 4.83. The van der Waals surface area contributed by atoms with Crippen LogP contribution in [0, 0.1) is 0 Å². The molecule has 0 bridgehead atoms. The van der Waals surface area contributed by atoms with Gasteiger partial charge in [0.2, 0.25) is 5.82 Å². The molecule has 0 aliphatic rings. The van der Waals surface area contributed by atoms with Crippen LogP contribution in [0.25, 0.3) is 23.0 Å². The number of rotatable bonds is 2. The van der Waals surface area contributed by atoms with Crippen LogP contribution in [0.5, 0.6) is 0 Å². The molecule has 1 aromatic carbocycles. The molecule has 18 heavy (non-hydrogen) atoms. The molecule has 2 aromatic heterocycles. The standard InChI is InChI=1S/C11H7ClN4OS/c12-7-3-1-2-6(4-7)9-15-10(17-16-9)8-5-18-11(13)14-8/h1-5H,(H2,13,14). The number of nitrogens with two attached hydrogens (primary N) is 1. The molecular weight excluding hydrogens is 272 g/mol. The van der Waals surface area contributed by atoms with E-state index in [0.29, 0.717) is 27.6 Å². The van der Waals surface area contributed by atoms with Crippen LogP contribution in [0.3, 0.4) is 0 Å². The minimum absolute atomic E-state index is 0.345. The van der Waals surface area contributed by atoms with Crippen molar-refractivity contribution in [3.05, 3.63) is 34.7 Å². The zero-order valence-electron chi connectivity index (χ0n) is 9.00. The zero-order chi connectivity index (χ0) is 12.5. The lowest BCUT2D eigenvalue weighted by Crippen LogP contribution is -1.83. The Bertz CT molecular complexity index is 694. The van der Waals surface area contributed by atoms with Gasteiger partial charge >= 0.3 is 0 Å². The second-order valence-electron chi connectivity index (χ2n) is 3.50. The first-order valence-corrected chi connectivity index (χ1v) is 6.29. The SMILES string of the molecule is Nc1nc(-c2nc(-c3cccc(Cl)c3)no2)cs1. The third kappa shape index (κ3) is 2.07. The Morgan fingerprint density at radius 3 is 2.89 bits per heavy atom. The van der Waals surface area contributed by atoms with E-state index < -0.39 is 0 Å². The number of aromatic nitrogens is 3. The lowest BCUT2D eigenvalue weighted by atomic mass is 10.2. The minimum atomic E-state index is 0.345. The van der Waals surface area contributed by atoms with Crippen LogP contribution in [0.1, 0.15) is 0 Å². The summed E-state index contributed by atoms with van der Waals surface area (Å²) in [5, 5.41) is 6.75. The molecule has 5 nitrogen and oxygen atoms in total. The van der Waals surface area contributed by atoms with Crippen LogP contribution in [0.15, 0.2) is 34.2 Å². The maximum atomic E-state index is 5.91. The zero-order valence-corrected chi connectivity index (χ0v) is 10.6. The Balaban J connectivity index is 1.99. The van der Waals surface area contributed by atoms with E-state index >= 15 is 0 Å². The summed E-state index contributed by atoms with van der Waals surface area (Å²) in [4.78, 5) is 8.34. The van der Waals surface area contributed by atoms with E-state index in [9.17, 15) is 0 Å². The third-order valence-corrected chi connectivity index (χ3v) is 3.16. The van der Waals surface area contributed by atoms with Crippen molar-refractivity contribution in [1.29, 1.82) is 0 Å². The third-order valence-electron chi connectivity index (χ3n) is 2.25. The van der Waals surface area contributed by atoms with Gasteiger partial charge in [0.25, 0.3) is 5.89 Å². The summed E-state index contributed by atoms with van der Waals surface area (Å²) in [5.74, 6) is 0.817. The Kier molecular flexibility index (Phi) is 2.73. The van der Waals surface area contributed by atoms with Gasteiger partial charge in [0.1, 0.15) is 5.69 Å². The van der Waals surface area contributed by atoms with Gasteiger partial charge in [-0.1, -0.05) is 28.9 Å². The van der Waals surface area contributed by atoms with Crippen molar-refractivity contribution in [2.45, 2.75) is 0 Å². The molecule has 0 aliphatic heterocycles. The fourth-order valence-corrected chi connectivity index (χ4v) is 2.19. The fraction of sp³-hybridized carbons (Fsp3) is 0. The lowest BCUT2D eigenvalue weighted by molar-refractivity contribution is 0.431. The van der Waals surface area contributed by atoms with Crippen molar-refractivity contribution in [2.75, 3.05) is 5.73 Å². The van der Waals surface area contributed by atoms with Crippen molar-refractivity contribution in [2.24, 2.45) is 0 Å². The maximum Gasteiger partial charge on any atom is 0.277 e. The Hall–Kier alpha value is -1.92. The van der Waals surface area contributed by atoms with Crippen LogP contribution in [0.4, 0.5) is 5.13 Å². The van der Waals surface area contributed by atoms with Crippen molar-refractivity contribution in [3.63, 3.8) is 0 Å². The van der Waals surface area contributed by atoms with E-state index in [1.807, 2.05) is 12.1 Å². The van der Waals surface area contributed by atoms with Crippen LogP contribution in [-0.4, -0.2) is 15.1 Å². The number of hydrogen-bond acceptors (Lipinski definition) is 6. The summed E-state index contributed by atoms with van der Waals surface area (Å²) < 4.78 is 5.14. The van der Waals surface area contributed by atoms with E-state index in [2.05, 4.69) is 15.1 Å². The van der Waals surface area contributed by atoms with Crippen molar-refractivity contribution >= 4 is 28.1 Å². The Morgan fingerprint density at radius 1 is 1.28 bits per heavy atom. The maximum absolute atomic E-state index is 5.91. The number of benzene rings is 1. The predicted molar refractivity (Wildman–Crippen MR) is 70.3 cm³/mol. The van der Waals surface area contributed by atoms with Gasteiger partial charge in [-0.2, -0.15) is 4.98 Å². The highest BCUT2D eigenvalue weighted by Crippen LogP contribution is 2.25. The molecule has 0 radical (unpaired) electrons. The number of hydrogen-bond donors (Lipinski definition) is 1. The van der Waals surface area contributed by atoms with Crippen LogP contribution >= 0.6 is 22.9 Å². The molecule has 0 saturated carbocycles. The second kappa shape index (κ2) is 4.40. The number of halogens is 1. The van der Waals surface area contributed by atoms with E-state index in [-0.39, 0.29) is 0 Å². The molecule has 2 N–H and O–H groups in total. The highest BCUT2D eigenvalue weighted by molar-refractivity contribution is 7.13. The number of nitrogens with zero attached hydrogens (tertiary/aromatic N) is 3. The van der Waals surface area contributed by atoms with Gasteiger partial charge in [0, 0.05) is 16.0 Å². The first kappa shape index (κ1) is 11.2. The van der Waals surface area contributed by atoms with Crippen molar-refractivity contribution in [3.8, 4) is 23.0 Å². The molecular formula is C11H7ClN4OS. The predicted octanol–water partition coefficient (Wildman–Crippen LogP) is 3.10. The van der Waals surface area contributed by atoms with E-state index in [1.165, 1.54) is 11.3 Å². The van der Waals surface area contributed by atoms with E-state index in [0.717, 1.165) is 5.56 Å². The van der Waals surface area contributed by atoms with Gasteiger partial charge in [-0.15, -0.1) is 11.3 Å². The number of anilines is 1. The minimum Gasteiger partial charge on any atom is -0.375 e. The van der Waals surface area contributed by atoms with Gasteiger partial charge in [-0.25, -0.2) is 4.98 Å². The molecule has 3 aromatic rings. The first-order chi connectivity index (χ1) is 8.72. The van der Waals surface area contributed by atoms with Gasteiger partial charge in [-0.05, 0) is 12.1 Å². The summed E-state index contributed by atoms with van der Waals surface area (Å²) in [6.45, 7) is 0. The van der Waals surface area contributed by atoms with Gasteiger partial charge < -0.3 is 10.3 Å². The summed E-state index contributed by atoms with van der Waals surface area (Å²) >= 11 is 7.23. The van der Waals surface area contributed by atoms with E-state index in [1.54, 1.807) is 17.5 Å². The quantitative estimate of drug-likeness (QED) is 0.779. The first-order valence-electron chi connectivity index (χ1n) is 5.03. The molecule has 0 saturated heterocycles. The molecule has 0 atom stereocenters. The summed E-state index contributed by atoms with van der Waals surface area (Å²) in [5.41, 5.74) is 6.93. The molecule has 90 valence electrons. The average molecular weight is 279 g/mol. The molecule has 0 spiro atoms. The summed E-state index contributed by atoms with van der Waals surface area (Å²) in [6.07, 6.45) is 0. The highest BCUT2D eigenvalue weighted by atomic mass is 35.5. The van der Waals surface area contributed by atoms with Crippen molar-refractivity contribution < 1.29 is 4.52 Å². The molecule has 0 aliphatic carbocycles. The molecule has 2 heterocycles. The fourth-order valence-electron chi connectivity index (χ4n) is 1.46. The van der Waals surface area contributed by atoms with Crippen molar-refractivity contribution in [1.82, 2.24) is 15.1 Å². The van der Waals surface area contributed by atoms with Crippen LogP contribution in [0.2, 0.25) is 5.02 Å². The van der Waals surface area contributed by atoms with Gasteiger partial charge in [-0.3, -0.25) is 0 Å². The molecule has 0 amide bonds. The number of nitrogen functional groups attached to an aromatic ring is 1. The topological polar surface area (TPSA) is 77.8 Å².